The van der Waals surface area contributed by atoms with Crippen molar-refractivity contribution in [3.63, 3.8) is 0 Å². The maximum atomic E-state index is 13.0. The molecule has 2 atom stereocenters. The molecule has 2 N–H and O–H groups in total. The van der Waals surface area contributed by atoms with E-state index in [4.69, 9.17) is 0 Å². The average Bonchev–Trinajstić information content (AvgIpc) is 2.59. The van der Waals surface area contributed by atoms with Crippen molar-refractivity contribution in [2.24, 2.45) is 0 Å². The summed E-state index contributed by atoms with van der Waals surface area (Å²) in [4.78, 5) is 28.9. The van der Waals surface area contributed by atoms with Crippen molar-refractivity contribution >= 4 is 16.7 Å². The molecule has 1 saturated heterocycles. The van der Waals surface area contributed by atoms with Gasteiger partial charge in [-0.3, -0.25) is 14.2 Å². The first-order chi connectivity index (χ1) is 12.7. The van der Waals surface area contributed by atoms with Crippen LogP contribution in [0.5, 0.6) is 0 Å². The summed E-state index contributed by atoms with van der Waals surface area (Å²) in [5, 5.41) is 12.8. The van der Waals surface area contributed by atoms with E-state index in [9.17, 15) is 27.9 Å². The van der Waals surface area contributed by atoms with Crippen LogP contribution in [-0.2, 0) is 17.5 Å². The Labute approximate surface area is 153 Å². The minimum absolute atomic E-state index is 0.0350. The normalized spacial score (nSPS) is 20.8. The number of hydrogen-bond donors (Lipinski definition) is 2. The van der Waals surface area contributed by atoms with Gasteiger partial charge in [0.2, 0.25) is 0 Å². The van der Waals surface area contributed by atoms with Gasteiger partial charge in [0.05, 0.1) is 35.4 Å². The van der Waals surface area contributed by atoms with Crippen LogP contribution in [0.1, 0.15) is 30.4 Å². The van der Waals surface area contributed by atoms with Gasteiger partial charge in [-0.2, -0.15) is 13.2 Å². The first-order valence-electron chi connectivity index (χ1n) is 8.67. The highest BCUT2D eigenvalue weighted by atomic mass is 19.4. The summed E-state index contributed by atoms with van der Waals surface area (Å²) < 4.78 is 40.1. The number of aryl methyl sites for hydroxylation is 1. The van der Waals surface area contributed by atoms with Crippen LogP contribution < -0.4 is 10.9 Å². The molecule has 1 aromatic heterocycles. The van der Waals surface area contributed by atoms with E-state index >= 15 is 0 Å². The van der Waals surface area contributed by atoms with Gasteiger partial charge in [0.25, 0.3) is 5.56 Å². The number of carbonyl (C=O) groups excluding carboxylic acids is 1. The summed E-state index contributed by atoms with van der Waals surface area (Å²) in [5.74, 6) is -0.305. The van der Waals surface area contributed by atoms with E-state index in [-0.39, 0.29) is 41.3 Å². The summed E-state index contributed by atoms with van der Waals surface area (Å²) in [6, 6.07) is 1.33. The molecular weight excluding hydrogens is 363 g/mol. The molecule has 2 heterocycles. The van der Waals surface area contributed by atoms with Crippen molar-refractivity contribution in [2.75, 3.05) is 6.54 Å². The lowest BCUT2D eigenvalue weighted by Crippen LogP contribution is -2.46. The van der Waals surface area contributed by atoms with Gasteiger partial charge in [-0.1, -0.05) is 0 Å². The number of benzene rings is 1. The summed E-state index contributed by atoms with van der Waals surface area (Å²) in [7, 11) is 0. The fourth-order valence-corrected chi connectivity index (χ4v) is 3.37. The van der Waals surface area contributed by atoms with E-state index in [0.717, 1.165) is 23.1 Å². The zero-order valence-electron chi connectivity index (χ0n) is 14.7. The molecule has 0 unspecified atom stereocenters. The Hall–Kier alpha value is -2.26. The lowest BCUT2D eigenvalue weighted by atomic mass is 9.97. The summed E-state index contributed by atoms with van der Waals surface area (Å²) >= 11 is 0. The number of halogens is 3. The number of aliphatic hydroxyl groups excluding tert-OH is 1. The van der Waals surface area contributed by atoms with Crippen molar-refractivity contribution in [3.05, 3.63) is 39.9 Å². The minimum atomic E-state index is -4.58. The molecule has 6 nitrogen and oxygen atoms in total. The van der Waals surface area contributed by atoms with Gasteiger partial charge in [0.15, 0.2) is 5.78 Å². The maximum Gasteiger partial charge on any atom is 0.416 e. The van der Waals surface area contributed by atoms with Gasteiger partial charge < -0.3 is 10.4 Å². The number of ketones is 1. The van der Waals surface area contributed by atoms with Gasteiger partial charge in [-0.05, 0) is 44.0 Å². The van der Waals surface area contributed by atoms with E-state index in [0.29, 0.717) is 13.0 Å². The fraction of sp³-hybridized carbons (Fsp3) is 0.500. The topological polar surface area (TPSA) is 84.2 Å². The van der Waals surface area contributed by atoms with Gasteiger partial charge in [-0.15, -0.1) is 0 Å². The summed E-state index contributed by atoms with van der Waals surface area (Å²) in [6.45, 7) is 1.85. The quantitative estimate of drug-likeness (QED) is 0.841. The predicted octanol–water partition coefficient (Wildman–Crippen LogP) is 1.80. The lowest BCUT2D eigenvalue weighted by molar-refractivity contribution is -0.137. The SMILES string of the molecule is Cc1cc(C(F)(F)F)cc2c(=O)n(CC(=O)C[C@H]3NCCC[C@@H]3O)cnc12. The number of piperidine rings is 1. The predicted molar refractivity (Wildman–Crippen MR) is 92.4 cm³/mol. The molecule has 146 valence electrons. The third-order valence-electron chi connectivity index (χ3n) is 4.79. The summed E-state index contributed by atoms with van der Waals surface area (Å²) in [6.07, 6.45) is -2.58. The van der Waals surface area contributed by atoms with Crippen LogP contribution in [0.15, 0.2) is 23.3 Å². The van der Waals surface area contributed by atoms with Crippen LogP contribution in [0.4, 0.5) is 13.2 Å². The third-order valence-corrected chi connectivity index (χ3v) is 4.79. The van der Waals surface area contributed by atoms with E-state index in [1.807, 2.05) is 0 Å². The molecule has 1 aliphatic heterocycles. The average molecular weight is 383 g/mol. The van der Waals surface area contributed by atoms with Crippen LogP contribution in [-0.4, -0.2) is 39.1 Å². The molecule has 0 radical (unpaired) electrons. The number of nitrogens with zero attached hydrogens (tertiary/aromatic N) is 2. The van der Waals surface area contributed by atoms with Crippen LogP contribution in [0, 0.1) is 6.92 Å². The molecule has 0 saturated carbocycles. The highest BCUT2D eigenvalue weighted by Crippen LogP contribution is 2.31. The third kappa shape index (κ3) is 4.19. The first-order valence-corrected chi connectivity index (χ1v) is 8.67. The van der Waals surface area contributed by atoms with Crippen molar-refractivity contribution in [1.29, 1.82) is 0 Å². The Morgan fingerprint density at radius 3 is 2.81 bits per heavy atom. The van der Waals surface area contributed by atoms with Crippen LogP contribution in [0.3, 0.4) is 0 Å². The molecule has 1 fully saturated rings. The number of fused-ring (bicyclic) bond motifs is 1. The molecule has 0 bridgehead atoms. The van der Waals surface area contributed by atoms with Crippen LogP contribution in [0.25, 0.3) is 10.9 Å². The van der Waals surface area contributed by atoms with Gasteiger partial charge in [0.1, 0.15) is 0 Å². The lowest BCUT2D eigenvalue weighted by Gasteiger charge is -2.28. The Balaban J connectivity index is 1.88. The van der Waals surface area contributed by atoms with E-state index in [1.165, 1.54) is 13.3 Å². The van der Waals surface area contributed by atoms with Crippen LogP contribution >= 0.6 is 0 Å². The van der Waals surface area contributed by atoms with Crippen LogP contribution in [0.2, 0.25) is 0 Å². The van der Waals surface area contributed by atoms with E-state index in [1.54, 1.807) is 0 Å². The van der Waals surface area contributed by atoms with Gasteiger partial charge in [-0.25, -0.2) is 4.98 Å². The standard InChI is InChI=1S/C18H20F3N3O3/c1-10-5-11(18(19,20)21)6-13-16(10)23-9-24(17(13)27)8-12(25)7-14-15(26)3-2-4-22-14/h5-6,9,14-15,22,26H,2-4,7-8H2,1H3/t14-,15+/m1/s1. The molecule has 0 aliphatic carbocycles. The number of hydrogen-bond acceptors (Lipinski definition) is 5. The van der Waals surface area contributed by atoms with E-state index in [2.05, 4.69) is 10.3 Å². The second-order valence-electron chi connectivity index (χ2n) is 6.88. The molecule has 9 heteroatoms. The number of alkyl halides is 3. The molecular formula is C18H20F3N3O3. The number of aliphatic hydroxyl groups is 1. The zero-order chi connectivity index (χ0) is 19.8. The highest BCUT2D eigenvalue weighted by molar-refractivity contribution is 5.83. The second kappa shape index (κ2) is 7.40. The van der Waals surface area contributed by atoms with Crippen molar-refractivity contribution in [2.45, 2.75) is 51.1 Å². The maximum absolute atomic E-state index is 13.0. The minimum Gasteiger partial charge on any atom is -0.391 e. The molecule has 3 rings (SSSR count). The number of rotatable bonds is 4. The molecule has 2 aromatic rings. The smallest absolute Gasteiger partial charge is 0.391 e. The fourth-order valence-electron chi connectivity index (χ4n) is 3.37. The second-order valence-corrected chi connectivity index (χ2v) is 6.88. The number of carbonyl (C=O) groups is 1. The molecule has 1 aliphatic rings. The monoisotopic (exact) mass is 383 g/mol. The zero-order valence-corrected chi connectivity index (χ0v) is 14.7. The number of nitrogens with one attached hydrogen (secondary N) is 1. The number of Topliss-reactive ketones (excluding diaryl/α,β-unsaturated/α-hetero) is 1. The Morgan fingerprint density at radius 1 is 1.41 bits per heavy atom. The van der Waals surface area contributed by atoms with Crippen molar-refractivity contribution in [3.8, 4) is 0 Å². The van der Waals surface area contributed by atoms with Gasteiger partial charge in [0, 0.05) is 12.5 Å². The first kappa shape index (κ1) is 19.5. The Kier molecular flexibility index (Phi) is 5.34. The number of aromatic nitrogens is 2. The Bertz CT molecular complexity index is 924. The summed E-state index contributed by atoms with van der Waals surface area (Å²) in [5.41, 5.74) is -1.20. The van der Waals surface area contributed by atoms with Crippen molar-refractivity contribution < 1.29 is 23.1 Å². The molecule has 0 spiro atoms. The van der Waals surface area contributed by atoms with E-state index < -0.39 is 23.4 Å². The highest BCUT2D eigenvalue weighted by Gasteiger charge is 2.31. The Morgan fingerprint density at radius 2 is 2.15 bits per heavy atom. The molecule has 1 aromatic carbocycles. The largest absolute Gasteiger partial charge is 0.416 e. The van der Waals surface area contributed by atoms with Gasteiger partial charge >= 0.3 is 6.18 Å². The molecule has 27 heavy (non-hydrogen) atoms. The van der Waals surface area contributed by atoms with Crippen molar-refractivity contribution in [1.82, 2.24) is 14.9 Å². The molecule has 0 amide bonds.